The first-order valence-corrected chi connectivity index (χ1v) is 11.9. The molecule has 0 spiro atoms. The van der Waals surface area contributed by atoms with Gasteiger partial charge in [0, 0.05) is 10.9 Å². The van der Waals surface area contributed by atoms with Crippen molar-refractivity contribution in [3.8, 4) is 11.5 Å². The molecule has 1 N–H and O–H groups in total. The Kier molecular flexibility index (Phi) is 7.08. The Morgan fingerprint density at radius 3 is 2.30 bits per heavy atom. The van der Waals surface area contributed by atoms with Crippen LogP contribution in [0.1, 0.15) is 18.1 Å². The number of rotatable bonds is 8. The van der Waals surface area contributed by atoms with Gasteiger partial charge in [-0.25, -0.2) is 9.82 Å². The molecule has 0 fully saturated rings. The number of ether oxygens (including phenoxy) is 2. The Hall–Kier alpha value is -4.71. The third-order valence-corrected chi connectivity index (χ3v) is 6.03. The molecule has 1 amide bonds. The van der Waals surface area contributed by atoms with Crippen molar-refractivity contribution in [3.05, 3.63) is 120 Å². The van der Waals surface area contributed by atoms with Gasteiger partial charge in [0.1, 0.15) is 23.9 Å². The van der Waals surface area contributed by atoms with E-state index < -0.39 is 6.10 Å². The van der Waals surface area contributed by atoms with E-state index in [1.54, 1.807) is 25.3 Å². The molecule has 184 valence electrons. The van der Waals surface area contributed by atoms with Gasteiger partial charge in [0.05, 0.1) is 6.21 Å². The molecule has 0 radical (unpaired) electrons. The van der Waals surface area contributed by atoms with E-state index in [1.807, 2.05) is 78.9 Å². The summed E-state index contributed by atoms with van der Waals surface area (Å²) in [7, 11) is 0. The van der Waals surface area contributed by atoms with Crippen LogP contribution in [-0.2, 0) is 11.4 Å². The lowest BCUT2D eigenvalue weighted by molar-refractivity contribution is -0.127. The van der Waals surface area contributed by atoms with Gasteiger partial charge in [0.2, 0.25) is 0 Å². The second-order valence-electron chi connectivity index (χ2n) is 8.59. The SMILES string of the molecule is CC(Oc1cccc2ccccc12)C(=O)NN=Cc1c(OCc2ccc(F)cc2)ccc2ccccc12. The Balaban J connectivity index is 1.32. The molecule has 0 aliphatic rings. The summed E-state index contributed by atoms with van der Waals surface area (Å²) in [6.45, 7) is 1.95. The predicted molar refractivity (Wildman–Crippen MR) is 144 cm³/mol. The Morgan fingerprint density at radius 1 is 0.838 bits per heavy atom. The number of hydrazone groups is 1. The zero-order valence-corrected chi connectivity index (χ0v) is 20.2. The number of nitrogens with zero attached hydrogens (tertiary/aromatic N) is 1. The van der Waals surface area contributed by atoms with Crippen molar-refractivity contribution in [1.29, 1.82) is 0 Å². The van der Waals surface area contributed by atoms with Crippen molar-refractivity contribution in [1.82, 2.24) is 5.43 Å². The summed E-state index contributed by atoms with van der Waals surface area (Å²) in [6, 6.07) is 31.4. The van der Waals surface area contributed by atoms with Gasteiger partial charge in [-0.3, -0.25) is 4.79 Å². The molecule has 1 unspecified atom stereocenters. The lowest BCUT2D eigenvalue weighted by Gasteiger charge is -2.15. The minimum Gasteiger partial charge on any atom is -0.488 e. The molecule has 6 heteroatoms. The normalized spacial score (nSPS) is 12.1. The van der Waals surface area contributed by atoms with Crippen molar-refractivity contribution >= 4 is 33.7 Å². The fraction of sp³-hybridized carbons (Fsp3) is 0.0968. The number of hydrogen-bond donors (Lipinski definition) is 1. The topological polar surface area (TPSA) is 59.9 Å². The molecule has 0 saturated heterocycles. The predicted octanol–water partition coefficient (Wildman–Crippen LogP) is 6.63. The fourth-order valence-corrected chi connectivity index (χ4v) is 4.07. The molecular formula is C31H25FN2O3. The summed E-state index contributed by atoms with van der Waals surface area (Å²) in [4.78, 5) is 12.7. The fourth-order valence-electron chi connectivity index (χ4n) is 4.07. The van der Waals surface area contributed by atoms with Crippen LogP contribution in [0.3, 0.4) is 0 Å². The van der Waals surface area contributed by atoms with Crippen LogP contribution >= 0.6 is 0 Å². The van der Waals surface area contributed by atoms with E-state index in [-0.39, 0.29) is 18.3 Å². The quantitative estimate of drug-likeness (QED) is 0.195. The zero-order chi connectivity index (χ0) is 25.6. The van der Waals surface area contributed by atoms with Gasteiger partial charge in [-0.05, 0) is 52.9 Å². The maximum Gasteiger partial charge on any atom is 0.280 e. The first-order chi connectivity index (χ1) is 18.1. The van der Waals surface area contributed by atoms with Crippen molar-refractivity contribution in [2.75, 3.05) is 0 Å². The summed E-state index contributed by atoms with van der Waals surface area (Å²) in [6.07, 6.45) is 0.815. The molecule has 0 bridgehead atoms. The highest BCUT2D eigenvalue weighted by Gasteiger charge is 2.16. The zero-order valence-electron chi connectivity index (χ0n) is 20.2. The summed E-state index contributed by atoms with van der Waals surface area (Å²) in [5.74, 6) is 0.561. The number of halogens is 1. The van der Waals surface area contributed by atoms with Gasteiger partial charge < -0.3 is 9.47 Å². The molecule has 0 saturated carbocycles. The van der Waals surface area contributed by atoms with Crippen molar-refractivity contribution in [3.63, 3.8) is 0 Å². The van der Waals surface area contributed by atoms with Crippen LogP contribution in [0.25, 0.3) is 21.5 Å². The Morgan fingerprint density at radius 2 is 1.51 bits per heavy atom. The van der Waals surface area contributed by atoms with Crippen molar-refractivity contribution in [2.24, 2.45) is 5.10 Å². The van der Waals surface area contributed by atoms with Crippen LogP contribution < -0.4 is 14.9 Å². The molecule has 1 atom stereocenters. The summed E-state index contributed by atoms with van der Waals surface area (Å²) in [5.41, 5.74) is 4.14. The number of fused-ring (bicyclic) bond motifs is 2. The average molecular weight is 493 g/mol. The van der Waals surface area contributed by atoms with E-state index in [9.17, 15) is 9.18 Å². The van der Waals surface area contributed by atoms with Crippen molar-refractivity contribution in [2.45, 2.75) is 19.6 Å². The monoisotopic (exact) mass is 492 g/mol. The second kappa shape index (κ2) is 10.9. The molecule has 0 aliphatic carbocycles. The van der Waals surface area contributed by atoms with E-state index in [4.69, 9.17) is 9.47 Å². The first-order valence-electron chi connectivity index (χ1n) is 11.9. The van der Waals surface area contributed by atoms with Gasteiger partial charge in [-0.15, -0.1) is 0 Å². The standard InChI is InChI=1S/C31H25FN2O3/c1-21(37-30-12-6-9-23-7-3-5-11-27(23)30)31(35)34-33-19-28-26-10-4-2-8-24(26)15-18-29(28)36-20-22-13-16-25(32)17-14-22/h2-19,21H,20H2,1H3,(H,34,35). The third kappa shape index (κ3) is 5.59. The highest BCUT2D eigenvalue weighted by Crippen LogP contribution is 2.28. The minimum absolute atomic E-state index is 0.266. The molecular weight excluding hydrogens is 467 g/mol. The number of hydrogen-bond acceptors (Lipinski definition) is 4. The second-order valence-corrected chi connectivity index (χ2v) is 8.59. The van der Waals surface area contributed by atoms with Gasteiger partial charge in [-0.1, -0.05) is 78.9 Å². The van der Waals surface area contributed by atoms with Gasteiger partial charge in [-0.2, -0.15) is 5.10 Å². The van der Waals surface area contributed by atoms with Gasteiger partial charge in [0.25, 0.3) is 5.91 Å². The minimum atomic E-state index is -0.760. The van der Waals surface area contributed by atoms with Crippen LogP contribution in [0.2, 0.25) is 0 Å². The number of carbonyl (C=O) groups excluding carboxylic acids is 1. The van der Waals surface area contributed by atoms with Crippen LogP contribution in [-0.4, -0.2) is 18.2 Å². The van der Waals surface area contributed by atoms with E-state index >= 15 is 0 Å². The number of nitrogens with one attached hydrogen (secondary N) is 1. The Bertz CT molecular complexity index is 1580. The van der Waals surface area contributed by atoms with Crippen molar-refractivity contribution < 1.29 is 18.7 Å². The molecule has 37 heavy (non-hydrogen) atoms. The molecule has 5 rings (SSSR count). The van der Waals surface area contributed by atoms with E-state index in [1.165, 1.54) is 12.1 Å². The molecule has 5 aromatic carbocycles. The lowest BCUT2D eigenvalue weighted by atomic mass is 10.0. The molecule has 5 nitrogen and oxygen atoms in total. The van der Waals surface area contributed by atoms with E-state index in [0.717, 1.165) is 32.7 Å². The highest BCUT2D eigenvalue weighted by atomic mass is 19.1. The van der Waals surface area contributed by atoms with Crippen LogP contribution in [0.5, 0.6) is 11.5 Å². The molecule has 0 aromatic heterocycles. The summed E-state index contributed by atoms with van der Waals surface area (Å²) in [5, 5.41) is 8.12. The van der Waals surface area contributed by atoms with Gasteiger partial charge >= 0.3 is 0 Å². The largest absolute Gasteiger partial charge is 0.488 e. The van der Waals surface area contributed by atoms with E-state index in [2.05, 4.69) is 10.5 Å². The number of carbonyl (C=O) groups is 1. The Labute approximate surface area is 214 Å². The van der Waals surface area contributed by atoms with E-state index in [0.29, 0.717) is 11.5 Å². The maximum atomic E-state index is 13.2. The number of amides is 1. The van der Waals surface area contributed by atoms with Crippen LogP contribution in [0, 0.1) is 5.82 Å². The lowest BCUT2D eigenvalue weighted by Crippen LogP contribution is -2.33. The summed E-state index contributed by atoms with van der Waals surface area (Å²) >= 11 is 0. The average Bonchev–Trinajstić information content (AvgIpc) is 2.93. The molecule has 5 aromatic rings. The van der Waals surface area contributed by atoms with Crippen LogP contribution in [0.15, 0.2) is 108 Å². The molecule has 0 aliphatic heterocycles. The first kappa shape index (κ1) is 24.0. The third-order valence-electron chi connectivity index (χ3n) is 6.03. The van der Waals surface area contributed by atoms with Gasteiger partial charge in [0.15, 0.2) is 6.10 Å². The smallest absolute Gasteiger partial charge is 0.280 e. The maximum absolute atomic E-state index is 13.2. The number of benzene rings is 5. The summed E-state index contributed by atoms with van der Waals surface area (Å²) < 4.78 is 25.2. The highest BCUT2D eigenvalue weighted by molar-refractivity contribution is 6.02. The molecule has 0 heterocycles. The van der Waals surface area contributed by atoms with Crippen LogP contribution in [0.4, 0.5) is 4.39 Å².